The number of carbonyl (C=O) groups is 1. The van der Waals surface area contributed by atoms with Crippen LogP contribution in [0.5, 0.6) is 0 Å². The zero-order chi connectivity index (χ0) is 14.6. The van der Waals surface area contributed by atoms with Gasteiger partial charge in [-0.15, -0.1) is 0 Å². The van der Waals surface area contributed by atoms with Gasteiger partial charge < -0.3 is 13.3 Å². The van der Waals surface area contributed by atoms with Gasteiger partial charge in [0.05, 0.1) is 0 Å². The van der Waals surface area contributed by atoms with Crippen LogP contribution in [0.4, 0.5) is 0 Å². The smallest absolute Gasteiger partial charge is 0.377 e. The topological polar surface area (TPSA) is 44.8 Å². The Morgan fingerprint density at radius 1 is 1.00 bits per heavy atom. The molecule has 0 aromatic heterocycles. The van der Waals surface area contributed by atoms with E-state index in [0.29, 0.717) is 11.5 Å². The Morgan fingerprint density at radius 2 is 1.63 bits per heavy atom. The molecule has 0 rings (SSSR count). The van der Waals surface area contributed by atoms with Crippen LogP contribution in [0.2, 0.25) is 6.04 Å². The van der Waals surface area contributed by atoms with Crippen LogP contribution in [0.1, 0.15) is 45.4 Å². The molecule has 0 amide bonds. The normalized spacial score (nSPS) is 11.8. The van der Waals surface area contributed by atoms with E-state index in [1.54, 1.807) is 21.3 Å². The molecule has 0 saturated heterocycles. The molecule has 0 heterocycles. The summed E-state index contributed by atoms with van der Waals surface area (Å²) < 4.78 is 16.0. The molecule has 0 aliphatic carbocycles. The van der Waals surface area contributed by atoms with Crippen molar-refractivity contribution in [3.63, 3.8) is 0 Å². The molecule has 0 bridgehead atoms. The Morgan fingerprint density at radius 3 is 2.16 bits per heavy atom. The third-order valence-corrected chi connectivity index (χ3v) is 6.91. The fourth-order valence-electron chi connectivity index (χ4n) is 1.80. The molecular formula is C13H28O4SSi. The van der Waals surface area contributed by atoms with E-state index in [9.17, 15) is 4.79 Å². The van der Waals surface area contributed by atoms with E-state index < -0.39 is 8.80 Å². The van der Waals surface area contributed by atoms with Gasteiger partial charge in [-0.1, -0.05) is 37.9 Å². The van der Waals surface area contributed by atoms with Gasteiger partial charge in [0, 0.05) is 39.5 Å². The lowest BCUT2D eigenvalue weighted by atomic mass is 10.2. The van der Waals surface area contributed by atoms with E-state index in [1.807, 2.05) is 0 Å². The van der Waals surface area contributed by atoms with Crippen molar-refractivity contribution in [2.45, 2.75) is 51.5 Å². The van der Waals surface area contributed by atoms with Crippen molar-refractivity contribution in [1.82, 2.24) is 0 Å². The number of unbranched alkanes of at least 4 members (excludes halogenated alkanes) is 3. The van der Waals surface area contributed by atoms with Gasteiger partial charge in [0.25, 0.3) is 0 Å². The molecule has 19 heavy (non-hydrogen) atoms. The van der Waals surface area contributed by atoms with Crippen LogP contribution < -0.4 is 0 Å². The van der Waals surface area contributed by atoms with Crippen molar-refractivity contribution in [3.05, 3.63) is 0 Å². The predicted octanol–water partition coefficient (Wildman–Crippen LogP) is 3.48. The molecule has 0 radical (unpaired) electrons. The summed E-state index contributed by atoms with van der Waals surface area (Å²) in [6, 6.07) is 0.757. The maximum Gasteiger partial charge on any atom is 0.500 e. The largest absolute Gasteiger partial charge is 0.500 e. The number of hydrogen-bond acceptors (Lipinski definition) is 5. The molecule has 4 nitrogen and oxygen atoms in total. The Labute approximate surface area is 122 Å². The lowest BCUT2D eigenvalue weighted by Gasteiger charge is -2.23. The van der Waals surface area contributed by atoms with E-state index in [4.69, 9.17) is 13.3 Å². The molecular weight excluding hydrogens is 280 g/mol. The minimum absolute atomic E-state index is 0.302. The molecule has 0 aromatic carbocycles. The first-order chi connectivity index (χ1) is 9.14. The van der Waals surface area contributed by atoms with Crippen LogP contribution in [0.3, 0.4) is 0 Å². The molecule has 0 aliphatic heterocycles. The zero-order valence-corrected chi connectivity index (χ0v) is 14.5. The number of rotatable bonds is 12. The van der Waals surface area contributed by atoms with Gasteiger partial charge in [-0.25, -0.2) is 0 Å². The summed E-state index contributed by atoms with van der Waals surface area (Å²) in [5.74, 6) is 0.817. The maximum absolute atomic E-state index is 11.6. The summed E-state index contributed by atoms with van der Waals surface area (Å²) in [5.41, 5.74) is 0. The lowest BCUT2D eigenvalue weighted by Crippen LogP contribution is -2.42. The fraction of sp³-hybridized carbons (Fsp3) is 0.923. The summed E-state index contributed by atoms with van der Waals surface area (Å²) >= 11 is 1.42. The van der Waals surface area contributed by atoms with Crippen LogP contribution >= 0.6 is 11.8 Å². The van der Waals surface area contributed by atoms with E-state index in [2.05, 4.69) is 6.92 Å². The Balaban J connectivity index is 3.64. The highest BCUT2D eigenvalue weighted by Crippen LogP contribution is 2.18. The van der Waals surface area contributed by atoms with E-state index in [1.165, 1.54) is 24.6 Å². The zero-order valence-electron chi connectivity index (χ0n) is 12.7. The van der Waals surface area contributed by atoms with Gasteiger partial charge in [-0.05, 0) is 12.8 Å². The molecule has 114 valence electrons. The first kappa shape index (κ1) is 19.1. The molecule has 0 aliphatic rings. The number of hydrogen-bond donors (Lipinski definition) is 0. The summed E-state index contributed by atoms with van der Waals surface area (Å²) in [5, 5.41) is 0.302. The van der Waals surface area contributed by atoms with Crippen LogP contribution in [0, 0.1) is 0 Å². The minimum Gasteiger partial charge on any atom is -0.377 e. The predicted molar refractivity (Wildman–Crippen MR) is 82.4 cm³/mol. The SMILES string of the molecule is CCCCCCC(=O)SCCC[Si](OC)(OC)OC. The van der Waals surface area contributed by atoms with Gasteiger partial charge in [0.2, 0.25) is 0 Å². The Bertz CT molecular complexity index is 226. The van der Waals surface area contributed by atoms with Gasteiger partial charge in [0.1, 0.15) is 0 Å². The molecule has 0 unspecified atom stereocenters. The van der Waals surface area contributed by atoms with Gasteiger partial charge in [0.15, 0.2) is 5.12 Å². The maximum atomic E-state index is 11.6. The molecule has 0 fully saturated rings. The second-order valence-corrected chi connectivity index (χ2v) is 8.67. The van der Waals surface area contributed by atoms with Crippen molar-refractivity contribution in [2.24, 2.45) is 0 Å². The Hall–Kier alpha value is 0.117. The van der Waals surface area contributed by atoms with E-state index in [0.717, 1.165) is 31.1 Å². The monoisotopic (exact) mass is 308 g/mol. The molecule has 0 saturated carbocycles. The lowest BCUT2D eigenvalue weighted by molar-refractivity contribution is -0.111. The highest BCUT2D eigenvalue weighted by Gasteiger charge is 2.36. The second kappa shape index (κ2) is 11.9. The van der Waals surface area contributed by atoms with Crippen molar-refractivity contribution < 1.29 is 18.1 Å². The fourth-order valence-corrected chi connectivity index (χ4v) is 4.58. The van der Waals surface area contributed by atoms with Crippen LogP contribution in [-0.2, 0) is 18.1 Å². The standard InChI is InChI=1S/C13H28O4SSi/c1-5-6-7-8-10-13(14)18-11-9-12-19(15-2,16-3)17-4/h5-12H2,1-4H3. The number of carbonyl (C=O) groups excluding carboxylic acids is 1. The summed E-state index contributed by atoms with van der Waals surface area (Å²) in [6.45, 7) is 2.17. The quantitative estimate of drug-likeness (QED) is 0.408. The van der Waals surface area contributed by atoms with Crippen LogP contribution in [0.15, 0.2) is 0 Å². The summed E-state index contributed by atoms with van der Waals surface area (Å²) in [6.07, 6.45) is 6.20. The molecule has 0 N–H and O–H groups in total. The average molecular weight is 309 g/mol. The second-order valence-electron chi connectivity index (χ2n) is 4.43. The molecule has 0 spiro atoms. The summed E-state index contributed by atoms with van der Waals surface area (Å²) in [4.78, 5) is 11.6. The third kappa shape index (κ3) is 8.81. The molecule has 0 atom stereocenters. The first-order valence-electron chi connectivity index (χ1n) is 6.95. The van der Waals surface area contributed by atoms with Gasteiger partial charge >= 0.3 is 8.80 Å². The van der Waals surface area contributed by atoms with Crippen LogP contribution in [0.25, 0.3) is 0 Å². The van der Waals surface area contributed by atoms with Crippen molar-refractivity contribution in [1.29, 1.82) is 0 Å². The van der Waals surface area contributed by atoms with E-state index >= 15 is 0 Å². The van der Waals surface area contributed by atoms with Crippen molar-refractivity contribution in [2.75, 3.05) is 27.1 Å². The average Bonchev–Trinajstić information content (AvgIpc) is 2.45. The highest BCUT2D eigenvalue weighted by molar-refractivity contribution is 8.13. The van der Waals surface area contributed by atoms with Crippen molar-refractivity contribution in [3.8, 4) is 0 Å². The highest BCUT2D eigenvalue weighted by atomic mass is 32.2. The third-order valence-electron chi connectivity index (χ3n) is 3.06. The first-order valence-corrected chi connectivity index (χ1v) is 9.87. The van der Waals surface area contributed by atoms with Gasteiger partial charge in [-0.2, -0.15) is 0 Å². The Kier molecular flexibility index (Phi) is 12.0. The summed E-state index contributed by atoms with van der Waals surface area (Å²) in [7, 11) is 2.40. The molecule has 6 heteroatoms. The number of thioether (sulfide) groups is 1. The van der Waals surface area contributed by atoms with Gasteiger partial charge in [-0.3, -0.25) is 4.79 Å². The van der Waals surface area contributed by atoms with E-state index in [-0.39, 0.29) is 0 Å². The molecule has 0 aromatic rings. The van der Waals surface area contributed by atoms with Crippen LogP contribution in [-0.4, -0.2) is 41.0 Å². The van der Waals surface area contributed by atoms with Crippen molar-refractivity contribution >= 4 is 25.7 Å². The minimum atomic E-state index is -2.45.